The largest absolute Gasteiger partial charge is 0.478 e. The molecule has 112 valence electrons. The molecule has 0 aliphatic rings. The fourth-order valence-corrected chi connectivity index (χ4v) is 2.88. The molecular weight excluding hydrogens is 280 g/mol. The average molecular weight is 300 g/mol. The number of aromatic carboxylic acids is 1. The lowest BCUT2D eigenvalue weighted by Crippen LogP contribution is -2.29. The van der Waals surface area contributed by atoms with Gasteiger partial charge in [-0.25, -0.2) is 17.9 Å². The second-order valence-electron chi connectivity index (χ2n) is 5.39. The fraction of sp³-hybridized carbons (Fsp3) is 0.462. The molecule has 0 aromatic heterocycles. The minimum Gasteiger partial charge on any atom is -0.478 e. The van der Waals surface area contributed by atoms with Crippen molar-refractivity contribution in [2.75, 3.05) is 11.9 Å². The Morgan fingerprint density at radius 2 is 1.90 bits per heavy atom. The molecular formula is C13H20N2O4S. The van der Waals surface area contributed by atoms with E-state index in [9.17, 15) is 13.2 Å². The molecule has 0 atom stereocenters. The second kappa shape index (κ2) is 5.80. The van der Waals surface area contributed by atoms with Gasteiger partial charge in [-0.1, -0.05) is 6.92 Å². The first-order valence-corrected chi connectivity index (χ1v) is 7.70. The van der Waals surface area contributed by atoms with Crippen LogP contribution in [-0.2, 0) is 10.0 Å². The number of carboxylic acids is 1. The van der Waals surface area contributed by atoms with E-state index in [2.05, 4.69) is 10.0 Å². The second-order valence-corrected chi connectivity index (χ2v) is 7.13. The first-order valence-electron chi connectivity index (χ1n) is 6.22. The fourth-order valence-electron chi connectivity index (χ4n) is 1.65. The quantitative estimate of drug-likeness (QED) is 0.772. The lowest BCUT2D eigenvalue weighted by Gasteiger charge is -2.24. The molecule has 0 bridgehead atoms. The van der Waals surface area contributed by atoms with Crippen LogP contribution < -0.4 is 10.0 Å². The predicted molar refractivity (Wildman–Crippen MR) is 77.6 cm³/mol. The van der Waals surface area contributed by atoms with E-state index in [1.807, 2.05) is 20.8 Å². The third-order valence-electron chi connectivity index (χ3n) is 2.36. The van der Waals surface area contributed by atoms with Gasteiger partial charge in [0.15, 0.2) is 0 Å². The molecule has 0 aliphatic heterocycles. The van der Waals surface area contributed by atoms with Crippen LogP contribution in [0.15, 0.2) is 23.1 Å². The van der Waals surface area contributed by atoms with Gasteiger partial charge in [-0.05, 0) is 39.0 Å². The van der Waals surface area contributed by atoms with Gasteiger partial charge in [0.25, 0.3) is 0 Å². The Kier molecular flexibility index (Phi) is 4.77. The summed E-state index contributed by atoms with van der Waals surface area (Å²) in [5.41, 5.74) is -0.0364. The van der Waals surface area contributed by atoms with E-state index in [0.717, 1.165) is 6.07 Å². The topological polar surface area (TPSA) is 95.5 Å². The lowest BCUT2D eigenvalue weighted by molar-refractivity contribution is 0.0696. The highest BCUT2D eigenvalue weighted by atomic mass is 32.2. The summed E-state index contributed by atoms with van der Waals surface area (Å²) in [5.74, 6) is -1.17. The van der Waals surface area contributed by atoms with Crippen molar-refractivity contribution in [2.45, 2.75) is 38.1 Å². The number of carbonyl (C=O) groups is 1. The van der Waals surface area contributed by atoms with Gasteiger partial charge in [-0.2, -0.15) is 0 Å². The molecule has 3 N–H and O–H groups in total. The van der Waals surface area contributed by atoms with Crippen LogP contribution in [0.25, 0.3) is 0 Å². The van der Waals surface area contributed by atoms with E-state index in [0.29, 0.717) is 5.69 Å². The lowest BCUT2D eigenvalue weighted by atomic mass is 10.1. The van der Waals surface area contributed by atoms with Gasteiger partial charge < -0.3 is 10.4 Å². The van der Waals surface area contributed by atoms with Crippen LogP contribution in [0, 0.1) is 0 Å². The summed E-state index contributed by atoms with van der Waals surface area (Å²) >= 11 is 0. The number of carboxylic acid groups (broad SMARTS) is 1. The summed E-state index contributed by atoms with van der Waals surface area (Å²) in [6, 6.07) is 4.01. The molecule has 0 saturated carbocycles. The molecule has 1 rings (SSSR count). The Hall–Kier alpha value is -1.60. The van der Waals surface area contributed by atoms with Gasteiger partial charge in [0.1, 0.15) is 4.90 Å². The summed E-state index contributed by atoms with van der Waals surface area (Å²) in [5, 5.41) is 12.1. The molecule has 1 aromatic carbocycles. The van der Waals surface area contributed by atoms with Crippen molar-refractivity contribution in [3.63, 3.8) is 0 Å². The molecule has 0 amide bonds. The van der Waals surface area contributed by atoms with Crippen molar-refractivity contribution in [3.8, 4) is 0 Å². The van der Waals surface area contributed by atoms with E-state index in [-0.39, 0.29) is 22.5 Å². The molecule has 20 heavy (non-hydrogen) atoms. The van der Waals surface area contributed by atoms with Crippen LogP contribution in [0.3, 0.4) is 0 Å². The number of nitrogens with one attached hydrogen (secondary N) is 2. The molecule has 7 heteroatoms. The van der Waals surface area contributed by atoms with Crippen LogP contribution >= 0.6 is 0 Å². The van der Waals surface area contributed by atoms with Gasteiger partial charge >= 0.3 is 5.97 Å². The summed E-state index contributed by atoms with van der Waals surface area (Å²) in [4.78, 5) is 10.9. The summed E-state index contributed by atoms with van der Waals surface area (Å²) in [6.45, 7) is 7.56. The SMILES string of the molecule is CCNS(=O)(=O)c1cc(C(=O)O)ccc1NC(C)(C)C. The normalized spacial score (nSPS) is 12.2. The zero-order valence-corrected chi connectivity index (χ0v) is 12.8. The van der Waals surface area contributed by atoms with Gasteiger partial charge in [0, 0.05) is 12.1 Å². The monoisotopic (exact) mass is 300 g/mol. The Balaban J connectivity index is 3.42. The minimum atomic E-state index is -3.75. The van der Waals surface area contributed by atoms with Crippen LogP contribution in [0.4, 0.5) is 5.69 Å². The van der Waals surface area contributed by atoms with Crippen molar-refractivity contribution in [1.82, 2.24) is 4.72 Å². The van der Waals surface area contributed by atoms with Crippen LogP contribution in [0.1, 0.15) is 38.1 Å². The number of benzene rings is 1. The molecule has 0 radical (unpaired) electrons. The Labute approximate surface area is 119 Å². The maximum absolute atomic E-state index is 12.2. The van der Waals surface area contributed by atoms with E-state index < -0.39 is 16.0 Å². The maximum atomic E-state index is 12.2. The van der Waals surface area contributed by atoms with Gasteiger partial charge in [0.05, 0.1) is 11.3 Å². The Bertz CT molecular complexity index is 603. The Morgan fingerprint density at radius 3 is 2.35 bits per heavy atom. The number of hydrogen-bond acceptors (Lipinski definition) is 4. The minimum absolute atomic E-state index is 0.0609. The first-order chi connectivity index (χ1) is 9.07. The Morgan fingerprint density at radius 1 is 1.30 bits per heavy atom. The third-order valence-corrected chi connectivity index (χ3v) is 3.95. The highest BCUT2D eigenvalue weighted by Crippen LogP contribution is 2.25. The van der Waals surface area contributed by atoms with E-state index in [4.69, 9.17) is 5.11 Å². The number of hydrogen-bond donors (Lipinski definition) is 3. The van der Waals surface area contributed by atoms with Gasteiger partial charge in [0.2, 0.25) is 10.0 Å². The van der Waals surface area contributed by atoms with Crippen LogP contribution in [-0.4, -0.2) is 31.6 Å². The van der Waals surface area contributed by atoms with Crippen molar-refractivity contribution in [3.05, 3.63) is 23.8 Å². The predicted octanol–water partition coefficient (Wildman–Crippen LogP) is 1.89. The molecule has 1 aromatic rings. The maximum Gasteiger partial charge on any atom is 0.335 e. The molecule has 0 spiro atoms. The molecule has 0 unspecified atom stereocenters. The molecule has 0 saturated heterocycles. The molecule has 0 heterocycles. The summed E-state index contributed by atoms with van der Waals surface area (Å²) in [6.07, 6.45) is 0. The highest BCUT2D eigenvalue weighted by molar-refractivity contribution is 7.89. The number of rotatable bonds is 5. The van der Waals surface area contributed by atoms with E-state index in [1.54, 1.807) is 6.92 Å². The highest BCUT2D eigenvalue weighted by Gasteiger charge is 2.22. The van der Waals surface area contributed by atoms with Crippen LogP contribution in [0.2, 0.25) is 0 Å². The van der Waals surface area contributed by atoms with Crippen molar-refractivity contribution >= 4 is 21.7 Å². The number of sulfonamides is 1. The van der Waals surface area contributed by atoms with Gasteiger partial charge in [-0.3, -0.25) is 0 Å². The average Bonchev–Trinajstić information content (AvgIpc) is 2.26. The standard InChI is InChI=1S/C13H20N2O4S/c1-5-14-20(18,19)11-8-9(12(16)17)6-7-10(11)15-13(2,3)4/h6-8,14-15H,5H2,1-4H3,(H,16,17). The van der Waals surface area contributed by atoms with Crippen molar-refractivity contribution < 1.29 is 18.3 Å². The summed E-state index contributed by atoms with van der Waals surface area (Å²) in [7, 11) is -3.75. The smallest absolute Gasteiger partial charge is 0.335 e. The van der Waals surface area contributed by atoms with Crippen molar-refractivity contribution in [1.29, 1.82) is 0 Å². The molecule has 0 aliphatic carbocycles. The van der Waals surface area contributed by atoms with Gasteiger partial charge in [-0.15, -0.1) is 0 Å². The first kappa shape index (κ1) is 16.5. The number of anilines is 1. The molecule has 6 nitrogen and oxygen atoms in total. The zero-order valence-electron chi connectivity index (χ0n) is 12.0. The molecule has 0 fully saturated rings. The summed E-state index contributed by atoms with van der Waals surface area (Å²) < 4.78 is 26.7. The zero-order chi connectivity index (χ0) is 15.6. The van der Waals surface area contributed by atoms with E-state index >= 15 is 0 Å². The van der Waals surface area contributed by atoms with E-state index in [1.165, 1.54) is 12.1 Å². The third kappa shape index (κ3) is 4.21. The van der Waals surface area contributed by atoms with Crippen molar-refractivity contribution in [2.24, 2.45) is 0 Å². The van der Waals surface area contributed by atoms with Crippen LogP contribution in [0.5, 0.6) is 0 Å².